The minimum Gasteiger partial charge on any atom is -0.392 e. The van der Waals surface area contributed by atoms with Crippen molar-refractivity contribution >= 4 is 11.6 Å². The number of carbonyl (C=O) groups is 1. The average Bonchev–Trinajstić information content (AvgIpc) is 3.11. The number of non-ortho nitro benzene ring substituents is 1. The summed E-state index contributed by atoms with van der Waals surface area (Å²) in [5.74, 6) is -0.239. The molecule has 1 aromatic heterocycles. The van der Waals surface area contributed by atoms with Gasteiger partial charge in [0.1, 0.15) is 0 Å². The summed E-state index contributed by atoms with van der Waals surface area (Å²) in [7, 11) is 0. The number of benzene rings is 2. The Balaban J connectivity index is 1.95. The maximum absolute atomic E-state index is 12.2. The smallest absolute Gasteiger partial charge is 0.269 e. The maximum Gasteiger partial charge on any atom is 0.269 e. The van der Waals surface area contributed by atoms with Gasteiger partial charge < -0.3 is 10.4 Å². The molecule has 28 heavy (non-hydrogen) atoms. The Morgan fingerprint density at radius 3 is 2.50 bits per heavy atom. The highest BCUT2D eigenvalue weighted by molar-refractivity contribution is 5.81. The minimum absolute atomic E-state index is 0.0116. The molecule has 1 unspecified atom stereocenters. The van der Waals surface area contributed by atoms with Gasteiger partial charge in [-0.1, -0.05) is 18.2 Å². The van der Waals surface area contributed by atoms with Crippen LogP contribution in [0.4, 0.5) is 5.69 Å². The summed E-state index contributed by atoms with van der Waals surface area (Å²) in [6, 6.07) is 15.5. The van der Waals surface area contributed by atoms with E-state index in [0.717, 1.165) is 5.69 Å². The normalized spacial score (nSPS) is 11.8. The van der Waals surface area contributed by atoms with E-state index in [0.29, 0.717) is 16.8 Å². The van der Waals surface area contributed by atoms with Gasteiger partial charge >= 0.3 is 0 Å². The highest BCUT2D eigenvalue weighted by atomic mass is 16.6. The van der Waals surface area contributed by atoms with Crippen LogP contribution in [0, 0.1) is 10.1 Å². The van der Waals surface area contributed by atoms with E-state index in [2.05, 4.69) is 10.4 Å². The summed E-state index contributed by atoms with van der Waals surface area (Å²) in [6.45, 7) is 1.76. The number of nitrogens with one attached hydrogen (secondary N) is 1. The number of aliphatic hydroxyl groups excluding tert-OH is 1. The first-order chi connectivity index (χ1) is 13.4. The molecule has 1 heterocycles. The second-order valence-corrected chi connectivity index (χ2v) is 6.42. The molecule has 0 aliphatic rings. The van der Waals surface area contributed by atoms with Crippen LogP contribution in [-0.2, 0) is 11.2 Å². The first-order valence-electron chi connectivity index (χ1n) is 8.77. The van der Waals surface area contributed by atoms with E-state index in [1.54, 1.807) is 29.9 Å². The average molecular weight is 380 g/mol. The van der Waals surface area contributed by atoms with E-state index in [-0.39, 0.29) is 24.6 Å². The van der Waals surface area contributed by atoms with Crippen molar-refractivity contribution in [3.05, 3.63) is 76.5 Å². The van der Waals surface area contributed by atoms with Crippen molar-refractivity contribution in [3.8, 4) is 16.9 Å². The molecule has 0 aliphatic heterocycles. The Morgan fingerprint density at radius 1 is 1.21 bits per heavy atom. The number of para-hydroxylation sites is 1. The molecule has 2 N–H and O–H groups in total. The van der Waals surface area contributed by atoms with Gasteiger partial charge in [0.2, 0.25) is 5.91 Å². The zero-order valence-electron chi connectivity index (χ0n) is 15.3. The monoisotopic (exact) mass is 380 g/mol. The van der Waals surface area contributed by atoms with E-state index >= 15 is 0 Å². The van der Waals surface area contributed by atoms with Crippen LogP contribution >= 0.6 is 0 Å². The highest BCUT2D eigenvalue weighted by Gasteiger charge is 2.16. The number of nitrogens with zero attached hydrogens (tertiary/aromatic N) is 3. The van der Waals surface area contributed by atoms with Gasteiger partial charge in [0.15, 0.2) is 0 Å². The number of hydrogen-bond acceptors (Lipinski definition) is 5. The molecule has 3 aromatic rings. The molecule has 8 nitrogen and oxygen atoms in total. The topological polar surface area (TPSA) is 110 Å². The summed E-state index contributed by atoms with van der Waals surface area (Å²) in [5.41, 5.74) is 2.76. The SMILES string of the molecule is CC(O)CNC(=O)Cc1cn(-c2ccccc2)nc1-c1ccc([N+](=O)[O-])cc1. The summed E-state index contributed by atoms with van der Waals surface area (Å²) in [6.07, 6.45) is 1.21. The fourth-order valence-corrected chi connectivity index (χ4v) is 2.73. The Bertz CT molecular complexity index is 966. The second kappa shape index (κ2) is 8.45. The van der Waals surface area contributed by atoms with E-state index in [4.69, 9.17) is 0 Å². The predicted octanol–water partition coefficient (Wildman–Crippen LogP) is 2.49. The van der Waals surface area contributed by atoms with Crippen LogP contribution in [-0.4, -0.2) is 38.4 Å². The number of rotatable bonds is 7. The van der Waals surface area contributed by atoms with E-state index in [1.165, 1.54) is 12.1 Å². The molecular formula is C20H20N4O4. The number of amides is 1. The number of hydrogen-bond donors (Lipinski definition) is 2. The van der Waals surface area contributed by atoms with Gasteiger partial charge in [-0.15, -0.1) is 0 Å². The number of nitro groups is 1. The lowest BCUT2D eigenvalue weighted by atomic mass is 10.1. The zero-order valence-corrected chi connectivity index (χ0v) is 15.3. The Morgan fingerprint density at radius 2 is 1.89 bits per heavy atom. The number of nitro benzene ring substituents is 1. The van der Waals surface area contributed by atoms with Crippen molar-refractivity contribution in [2.75, 3.05) is 6.54 Å². The maximum atomic E-state index is 12.2. The fraction of sp³-hybridized carbons (Fsp3) is 0.200. The van der Waals surface area contributed by atoms with Crippen LogP contribution in [0.5, 0.6) is 0 Å². The van der Waals surface area contributed by atoms with Crippen LogP contribution in [0.15, 0.2) is 60.8 Å². The molecule has 2 aromatic carbocycles. The number of aromatic nitrogens is 2. The van der Waals surface area contributed by atoms with Gasteiger partial charge in [0.05, 0.1) is 28.8 Å². The number of carbonyl (C=O) groups excluding carboxylic acids is 1. The molecule has 8 heteroatoms. The fourth-order valence-electron chi connectivity index (χ4n) is 2.73. The third-order valence-electron chi connectivity index (χ3n) is 4.11. The molecule has 1 amide bonds. The highest BCUT2D eigenvalue weighted by Crippen LogP contribution is 2.26. The van der Waals surface area contributed by atoms with Crippen LogP contribution in [0.3, 0.4) is 0 Å². The van der Waals surface area contributed by atoms with Crippen molar-refractivity contribution in [1.82, 2.24) is 15.1 Å². The van der Waals surface area contributed by atoms with Crippen molar-refractivity contribution < 1.29 is 14.8 Å². The predicted molar refractivity (Wildman–Crippen MR) is 104 cm³/mol. The van der Waals surface area contributed by atoms with E-state index < -0.39 is 11.0 Å². The van der Waals surface area contributed by atoms with Gasteiger partial charge in [-0.3, -0.25) is 14.9 Å². The zero-order chi connectivity index (χ0) is 20.1. The van der Waals surface area contributed by atoms with Crippen molar-refractivity contribution in [2.24, 2.45) is 0 Å². The van der Waals surface area contributed by atoms with E-state index in [9.17, 15) is 20.0 Å². The summed E-state index contributed by atoms with van der Waals surface area (Å²) < 4.78 is 1.67. The Hall–Kier alpha value is -3.52. The van der Waals surface area contributed by atoms with E-state index in [1.807, 2.05) is 30.3 Å². The van der Waals surface area contributed by atoms with Crippen LogP contribution in [0.1, 0.15) is 12.5 Å². The van der Waals surface area contributed by atoms with Crippen LogP contribution in [0.25, 0.3) is 16.9 Å². The standard InChI is InChI=1S/C20H20N4O4/c1-14(25)12-21-19(26)11-16-13-23(17-5-3-2-4-6-17)22-20(16)15-7-9-18(10-8-15)24(27)28/h2-10,13-14,25H,11-12H2,1H3,(H,21,26). The molecular weight excluding hydrogens is 360 g/mol. The molecule has 0 saturated carbocycles. The lowest BCUT2D eigenvalue weighted by molar-refractivity contribution is -0.384. The van der Waals surface area contributed by atoms with Crippen LogP contribution < -0.4 is 5.32 Å². The van der Waals surface area contributed by atoms with Gasteiger partial charge in [0, 0.05) is 36.0 Å². The van der Waals surface area contributed by atoms with Crippen molar-refractivity contribution in [3.63, 3.8) is 0 Å². The van der Waals surface area contributed by atoms with Crippen molar-refractivity contribution in [1.29, 1.82) is 0 Å². The summed E-state index contributed by atoms with van der Waals surface area (Å²) in [5, 5.41) is 27.5. The summed E-state index contributed by atoms with van der Waals surface area (Å²) >= 11 is 0. The molecule has 0 fully saturated rings. The van der Waals surface area contributed by atoms with Gasteiger partial charge in [-0.25, -0.2) is 4.68 Å². The molecule has 0 radical (unpaired) electrons. The summed E-state index contributed by atoms with van der Waals surface area (Å²) in [4.78, 5) is 22.7. The second-order valence-electron chi connectivity index (χ2n) is 6.42. The third kappa shape index (κ3) is 4.60. The largest absolute Gasteiger partial charge is 0.392 e. The van der Waals surface area contributed by atoms with Gasteiger partial charge in [0.25, 0.3) is 5.69 Å². The quantitative estimate of drug-likeness (QED) is 0.483. The lowest BCUT2D eigenvalue weighted by Crippen LogP contribution is -2.31. The molecule has 3 rings (SSSR count). The first-order valence-corrected chi connectivity index (χ1v) is 8.77. The number of aliphatic hydroxyl groups is 1. The third-order valence-corrected chi connectivity index (χ3v) is 4.11. The molecule has 0 aliphatic carbocycles. The molecule has 0 spiro atoms. The molecule has 144 valence electrons. The van der Waals surface area contributed by atoms with Gasteiger partial charge in [-0.05, 0) is 31.2 Å². The van der Waals surface area contributed by atoms with Crippen LogP contribution in [0.2, 0.25) is 0 Å². The first kappa shape index (κ1) is 19.2. The van der Waals surface area contributed by atoms with Crippen molar-refractivity contribution in [2.45, 2.75) is 19.4 Å². The molecule has 0 bridgehead atoms. The minimum atomic E-state index is -0.634. The Kier molecular flexibility index (Phi) is 5.81. The van der Waals surface area contributed by atoms with Gasteiger partial charge in [-0.2, -0.15) is 5.10 Å². The molecule has 1 atom stereocenters. The molecule has 0 saturated heterocycles. The lowest BCUT2D eigenvalue weighted by Gasteiger charge is -2.07. The Labute approximate surface area is 161 Å².